The van der Waals surface area contributed by atoms with Crippen LogP contribution in [0.5, 0.6) is 0 Å². The molecule has 15 heavy (non-hydrogen) atoms. The first kappa shape index (κ1) is 10.2. The van der Waals surface area contributed by atoms with Crippen LogP contribution < -0.4 is 5.32 Å². The van der Waals surface area contributed by atoms with E-state index >= 15 is 0 Å². The Bertz CT molecular complexity index is 445. The molecule has 0 atom stereocenters. The van der Waals surface area contributed by atoms with Gasteiger partial charge in [-0.1, -0.05) is 19.9 Å². The van der Waals surface area contributed by atoms with Crippen LogP contribution >= 0.6 is 0 Å². The van der Waals surface area contributed by atoms with Gasteiger partial charge in [0.1, 0.15) is 5.82 Å². The van der Waals surface area contributed by atoms with Gasteiger partial charge >= 0.3 is 0 Å². The molecule has 0 aliphatic carbocycles. The summed E-state index contributed by atoms with van der Waals surface area (Å²) in [4.78, 5) is 4.65. The molecule has 2 aromatic rings. The van der Waals surface area contributed by atoms with Crippen molar-refractivity contribution >= 4 is 5.52 Å². The van der Waals surface area contributed by atoms with Crippen LogP contribution in [0.2, 0.25) is 0 Å². The molecule has 2 heterocycles. The molecule has 0 bridgehead atoms. The van der Waals surface area contributed by atoms with Gasteiger partial charge in [0.25, 0.3) is 0 Å². The molecule has 1 N–H and O–H groups in total. The number of hydrogen-bond acceptors (Lipinski definition) is 2. The van der Waals surface area contributed by atoms with Crippen LogP contribution in [0.1, 0.15) is 25.4 Å². The molecule has 3 heteroatoms. The average Bonchev–Trinajstić information content (AvgIpc) is 2.65. The topological polar surface area (TPSA) is 29.3 Å². The number of fused-ring (bicyclic) bond motifs is 1. The normalized spacial score (nSPS) is 11.1. The van der Waals surface area contributed by atoms with E-state index in [2.05, 4.69) is 46.9 Å². The number of imidazole rings is 1. The Kier molecular flexibility index (Phi) is 3.02. The zero-order valence-electron chi connectivity index (χ0n) is 9.33. The van der Waals surface area contributed by atoms with E-state index in [0.717, 1.165) is 31.0 Å². The first-order valence-corrected chi connectivity index (χ1v) is 5.52. The van der Waals surface area contributed by atoms with Crippen LogP contribution in [0.4, 0.5) is 0 Å². The van der Waals surface area contributed by atoms with Crippen LogP contribution in [0.25, 0.3) is 5.52 Å². The number of rotatable bonds is 4. The Balaban J connectivity index is 2.45. The summed E-state index contributed by atoms with van der Waals surface area (Å²) in [6.07, 6.45) is 3.05. The second kappa shape index (κ2) is 4.45. The van der Waals surface area contributed by atoms with Gasteiger partial charge in [0.15, 0.2) is 0 Å². The summed E-state index contributed by atoms with van der Waals surface area (Å²) < 4.78 is 2.17. The third kappa shape index (κ3) is 1.88. The van der Waals surface area contributed by atoms with Gasteiger partial charge < -0.3 is 9.72 Å². The molecule has 0 unspecified atom stereocenters. The van der Waals surface area contributed by atoms with Crippen molar-refractivity contribution in [2.45, 2.75) is 26.8 Å². The van der Waals surface area contributed by atoms with E-state index in [1.54, 1.807) is 0 Å². The van der Waals surface area contributed by atoms with E-state index in [0.29, 0.717) is 0 Å². The molecule has 0 spiro atoms. The summed E-state index contributed by atoms with van der Waals surface area (Å²) in [6.45, 7) is 6.08. The number of nitrogens with zero attached hydrogens (tertiary/aromatic N) is 2. The molecule has 0 fully saturated rings. The summed E-state index contributed by atoms with van der Waals surface area (Å²) in [6, 6.07) is 6.23. The Morgan fingerprint density at radius 2 is 2.20 bits per heavy atom. The van der Waals surface area contributed by atoms with Crippen LogP contribution in [0.15, 0.2) is 24.4 Å². The highest BCUT2D eigenvalue weighted by atomic mass is 15.0. The zero-order valence-corrected chi connectivity index (χ0v) is 9.33. The summed E-state index contributed by atoms with van der Waals surface area (Å²) in [5.41, 5.74) is 2.37. The SMILES string of the molecule is CCNCc1nc(CC)n2ccccc12. The van der Waals surface area contributed by atoms with Gasteiger partial charge in [-0.05, 0) is 18.7 Å². The molecule has 2 aromatic heterocycles. The first-order valence-electron chi connectivity index (χ1n) is 5.52. The van der Waals surface area contributed by atoms with Gasteiger partial charge in [-0.2, -0.15) is 0 Å². The smallest absolute Gasteiger partial charge is 0.113 e. The lowest BCUT2D eigenvalue weighted by atomic mass is 10.3. The fourth-order valence-corrected chi connectivity index (χ4v) is 1.79. The molecular formula is C12H17N3. The highest BCUT2D eigenvalue weighted by Gasteiger charge is 2.07. The number of nitrogens with one attached hydrogen (secondary N) is 1. The van der Waals surface area contributed by atoms with E-state index in [1.165, 1.54) is 5.52 Å². The van der Waals surface area contributed by atoms with Crippen LogP contribution in [-0.4, -0.2) is 15.9 Å². The molecule has 0 amide bonds. The maximum Gasteiger partial charge on any atom is 0.113 e. The second-order valence-electron chi connectivity index (χ2n) is 3.56. The fraction of sp³-hybridized carbons (Fsp3) is 0.417. The minimum atomic E-state index is 0.851. The largest absolute Gasteiger partial charge is 0.311 e. The molecule has 0 aliphatic rings. The lowest BCUT2D eigenvalue weighted by Crippen LogP contribution is -2.12. The minimum absolute atomic E-state index is 0.851. The Morgan fingerprint density at radius 3 is 2.93 bits per heavy atom. The Labute approximate surface area is 90.1 Å². The van der Waals surface area contributed by atoms with Crippen molar-refractivity contribution in [3.05, 3.63) is 35.9 Å². The summed E-state index contributed by atoms with van der Waals surface area (Å²) in [5.74, 6) is 1.14. The maximum absolute atomic E-state index is 4.65. The van der Waals surface area contributed by atoms with Crippen LogP contribution in [0, 0.1) is 0 Å². The van der Waals surface area contributed by atoms with E-state index in [9.17, 15) is 0 Å². The number of aromatic nitrogens is 2. The van der Waals surface area contributed by atoms with E-state index in [-0.39, 0.29) is 0 Å². The average molecular weight is 203 g/mol. The predicted octanol–water partition coefficient (Wildman–Crippen LogP) is 2.01. The maximum atomic E-state index is 4.65. The lowest BCUT2D eigenvalue weighted by molar-refractivity contribution is 0.715. The van der Waals surface area contributed by atoms with Gasteiger partial charge in [0, 0.05) is 19.2 Å². The van der Waals surface area contributed by atoms with Crippen molar-refractivity contribution < 1.29 is 0 Å². The monoisotopic (exact) mass is 203 g/mol. The highest BCUT2D eigenvalue weighted by molar-refractivity contribution is 5.53. The molecule has 0 saturated heterocycles. The summed E-state index contributed by atoms with van der Waals surface area (Å²) in [7, 11) is 0. The predicted molar refractivity (Wildman–Crippen MR) is 62.0 cm³/mol. The first-order chi connectivity index (χ1) is 7.36. The van der Waals surface area contributed by atoms with Gasteiger partial charge in [-0.15, -0.1) is 0 Å². The van der Waals surface area contributed by atoms with Crippen molar-refractivity contribution in [2.75, 3.05) is 6.54 Å². The summed E-state index contributed by atoms with van der Waals surface area (Å²) in [5, 5.41) is 3.32. The van der Waals surface area contributed by atoms with Gasteiger partial charge in [-0.3, -0.25) is 0 Å². The zero-order chi connectivity index (χ0) is 10.7. The van der Waals surface area contributed by atoms with Crippen molar-refractivity contribution in [1.29, 1.82) is 0 Å². The Morgan fingerprint density at radius 1 is 1.33 bits per heavy atom. The van der Waals surface area contributed by atoms with Crippen LogP contribution in [0.3, 0.4) is 0 Å². The molecule has 0 aliphatic heterocycles. The molecular weight excluding hydrogens is 186 g/mol. The second-order valence-corrected chi connectivity index (χ2v) is 3.56. The number of aryl methyl sites for hydroxylation is 1. The molecule has 0 radical (unpaired) electrons. The highest BCUT2D eigenvalue weighted by Crippen LogP contribution is 2.13. The van der Waals surface area contributed by atoms with Crippen molar-refractivity contribution in [3.63, 3.8) is 0 Å². The van der Waals surface area contributed by atoms with Crippen molar-refractivity contribution in [2.24, 2.45) is 0 Å². The summed E-state index contributed by atoms with van der Waals surface area (Å²) >= 11 is 0. The number of hydrogen-bond donors (Lipinski definition) is 1. The standard InChI is InChI=1S/C12H17N3/c1-3-12-14-10(9-13-4-2)11-7-5-6-8-15(11)12/h5-8,13H,3-4,9H2,1-2H3. The van der Waals surface area contributed by atoms with Gasteiger partial charge in [-0.25, -0.2) is 4.98 Å². The molecule has 0 saturated carbocycles. The van der Waals surface area contributed by atoms with Gasteiger partial charge in [0.2, 0.25) is 0 Å². The lowest BCUT2D eigenvalue weighted by Gasteiger charge is -1.98. The van der Waals surface area contributed by atoms with Crippen molar-refractivity contribution in [1.82, 2.24) is 14.7 Å². The van der Waals surface area contributed by atoms with Crippen LogP contribution in [-0.2, 0) is 13.0 Å². The quantitative estimate of drug-likeness (QED) is 0.823. The molecule has 2 rings (SSSR count). The molecule has 0 aromatic carbocycles. The van der Waals surface area contributed by atoms with Crippen molar-refractivity contribution in [3.8, 4) is 0 Å². The number of pyridine rings is 1. The third-order valence-corrected chi connectivity index (χ3v) is 2.56. The van der Waals surface area contributed by atoms with E-state index in [4.69, 9.17) is 0 Å². The molecule has 80 valence electrons. The Hall–Kier alpha value is -1.35. The third-order valence-electron chi connectivity index (χ3n) is 2.56. The van der Waals surface area contributed by atoms with Gasteiger partial charge in [0.05, 0.1) is 11.2 Å². The van der Waals surface area contributed by atoms with E-state index in [1.807, 2.05) is 6.07 Å². The van der Waals surface area contributed by atoms with E-state index < -0.39 is 0 Å². The fourth-order valence-electron chi connectivity index (χ4n) is 1.79. The minimum Gasteiger partial charge on any atom is -0.311 e. The molecule has 3 nitrogen and oxygen atoms in total.